The lowest BCUT2D eigenvalue weighted by atomic mass is 9.77. The highest BCUT2D eigenvalue weighted by Crippen LogP contribution is 2.46. The number of nitrogen functional groups attached to an aromatic ring is 1. The van der Waals surface area contributed by atoms with Gasteiger partial charge in [-0.05, 0) is 49.3 Å². The van der Waals surface area contributed by atoms with Crippen molar-refractivity contribution in [2.45, 2.75) is 38.5 Å². The summed E-state index contributed by atoms with van der Waals surface area (Å²) in [6, 6.07) is 5.09. The summed E-state index contributed by atoms with van der Waals surface area (Å²) in [5.41, 5.74) is 7.45. The number of amides is 1. The Kier molecular flexibility index (Phi) is 3.63. The summed E-state index contributed by atoms with van der Waals surface area (Å²) >= 11 is 5.98. The number of halogens is 1. The van der Waals surface area contributed by atoms with Crippen molar-refractivity contribution in [2.75, 3.05) is 18.8 Å². The van der Waals surface area contributed by atoms with Crippen LogP contribution in [0.2, 0.25) is 5.02 Å². The number of rotatable bonds is 1. The van der Waals surface area contributed by atoms with E-state index < -0.39 is 0 Å². The Bertz CT molecular complexity index is 493. The highest BCUT2D eigenvalue weighted by atomic mass is 35.5. The number of piperidine rings is 1. The molecule has 0 bridgehead atoms. The Morgan fingerprint density at radius 3 is 2.35 bits per heavy atom. The Morgan fingerprint density at radius 1 is 1.10 bits per heavy atom. The fraction of sp³-hybridized carbons (Fsp3) is 0.562. The second-order valence-electron chi connectivity index (χ2n) is 6.27. The van der Waals surface area contributed by atoms with Gasteiger partial charge in [0.25, 0.3) is 5.91 Å². The van der Waals surface area contributed by atoms with Crippen molar-refractivity contribution in [1.82, 2.24) is 4.90 Å². The van der Waals surface area contributed by atoms with Crippen LogP contribution in [0.4, 0.5) is 5.69 Å². The molecule has 0 aromatic heterocycles. The van der Waals surface area contributed by atoms with Crippen molar-refractivity contribution in [3.05, 3.63) is 28.8 Å². The van der Waals surface area contributed by atoms with E-state index in [1.165, 1.54) is 25.7 Å². The van der Waals surface area contributed by atoms with Crippen LogP contribution < -0.4 is 5.73 Å². The summed E-state index contributed by atoms with van der Waals surface area (Å²) in [4.78, 5) is 14.5. The molecule has 1 aromatic carbocycles. The molecule has 1 aliphatic carbocycles. The summed E-state index contributed by atoms with van der Waals surface area (Å²) < 4.78 is 0. The fourth-order valence-corrected chi connectivity index (χ4v) is 3.97. The summed E-state index contributed by atoms with van der Waals surface area (Å²) in [6.45, 7) is 1.73. The van der Waals surface area contributed by atoms with E-state index in [9.17, 15) is 4.79 Å². The molecule has 3 nitrogen and oxygen atoms in total. The van der Waals surface area contributed by atoms with Crippen LogP contribution in [0.15, 0.2) is 18.2 Å². The quantitative estimate of drug-likeness (QED) is 0.802. The third-order valence-electron chi connectivity index (χ3n) is 4.94. The highest BCUT2D eigenvalue weighted by Gasteiger charge is 2.38. The van der Waals surface area contributed by atoms with Gasteiger partial charge in [0.15, 0.2) is 0 Å². The highest BCUT2D eigenvalue weighted by molar-refractivity contribution is 6.31. The first-order valence-corrected chi connectivity index (χ1v) is 7.81. The fourth-order valence-electron chi connectivity index (χ4n) is 3.73. The van der Waals surface area contributed by atoms with E-state index >= 15 is 0 Å². The molecule has 0 unspecified atom stereocenters. The number of nitrogens with two attached hydrogens (primary N) is 1. The summed E-state index contributed by atoms with van der Waals surface area (Å²) in [6.07, 6.45) is 7.71. The Labute approximate surface area is 125 Å². The first kappa shape index (κ1) is 13.7. The number of nitrogens with zero attached hydrogens (tertiary/aromatic N) is 1. The molecule has 4 heteroatoms. The molecule has 2 N–H and O–H groups in total. The number of carbonyl (C=O) groups is 1. The summed E-state index contributed by atoms with van der Waals surface area (Å²) in [5.74, 6) is 0.0621. The van der Waals surface area contributed by atoms with Crippen LogP contribution in [0.1, 0.15) is 48.9 Å². The van der Waals surface area contributed by atoms with Crippen LogP contribution in [-0.2, 0) is 0 Å². The Hall–Kier alpha value is -1.22. The van der Waals surface area contributed by atoms with Crippen molar-refractivity contribution < 1.29 is 4.79 Å². The Balaban J connectivity index is 1.69. The zero-order valence-electron chi connectivity index (χ0n) is 11.7. The molecule has 1 saturated carbocycles. The molecule has 0 radical (unpaired) electrons. The SMILES string of the molecule is Nc1cc(Cl)cc(C(=O)N2CCC3(CCCC3)CC2)c1. The van der Waals surface area contributed by atoms with Gasteiger partial charge in [0.05, 0.1) is 0 Å². The molecule has 1 aliphatic heterocycles. The van der Waals surface area contributed by atoms with E-state index in [-0.39, 0.29) is 5.91 Å². The summed E-state index contributed by atoms with van der Waals surface area (Å²) in [7, 11) is 0. The maximum absolute atomic E-state index is 12.5. The molecule has 108 valence electrons. The average Bonchev–Trinajstić information content (AvgIpc) is 2.86. The first-order chi connectivity index (χ1) is 9.58. The molecule has 1 aromatic rings. The van der Waals surface area contributed by atoms with E-state index in [1.807, 2.05) is 4.90 Å². The average molecular weight is 293 g/mol. The van der Waals surface area contributed by atoms with Gasteiger partial charge in [0.2, 0.25) is 0 Å². The van der Waals surface area contributed by atoms with Gasteiger partial charge in [-0.2, -0.15) is 0 Å². The molecule has 1 amide bonds. The number of hydrogen-bond acceptors (Lipinski definition) is 2. The van der Waals surface area contributed by atoms with Gasteiger partial charge in [0.1, 0.15) is 0 Å². The zero-order valence-corrected chi connectivity index (χ0v) is 12.5. The minimum Gasteiger partial charge on any atom is -0.399 e. The molecule has 3 rings (SSSR count). The minimum atomic E-state index is 0.0621. The van der Waals surface area contributed by atoms with Crippen molar-refractivity contribution >= 4 is 23.2 Å². The lowest BCUT2D eigenvalue weighted by Crippen LogP contribution is -2.42. The molecule has 1 saturated heterocycles. The number of hydrogen-bond donors (Lipinski definition) is 1. The van der Waals surface area contributed by atoms with Gasteiger partial charge in [-0.3, -0.25) is 4.79 Å². The molecule has 2 fully saturated rings. The number of likely N-dealkylation sites (tertiary alicyclic amines) is 1. The van der Waals surface area contributed by atoms with Crippen molar-refractivity contribution in [3.8, 4) is 0 Å². The van der Waals surface area contributed by atoms with Crippen LogP contribution in [-0.4, -0.2) is 23.9 Å². The third kappa shape index (κ3) is 2.64. The molecule has 20 heavy (non-hydrogen) atoms. The van der Waals surface area contributed by atoms with Gasteiger partial charge in [-0.25, -0.2) is 0 Å². The second-order valence-corrected chi connectivity index (χ2v) is 6.71. The molecular weight excluding hydrogens is 272 g/mol. The minimum absolute atomic E-state index is 0.0621. The number of carbonyl (C=O) groups excluding carboxylic acids is 1. The van der Waals surface area contributed by atoms with Crippen LogP contribution in [0.5, 0.6) is 0 Å². The van der Waals surface area contributed by atoms with Gasteiger partial charge in [0, 0.05) is 29.4 Å². The summed E-state index contributed by atoms with van der Waals surface area (Å²) in [5, 5.41) is 0.526. The molecule has 2 aliphatic rings. The van der Waals surface area contributed by atoms with Gasteiger partial charge in [-0.15, -0.1) is 0 Å². The predicted molar refractivity (Wildman–Crippen MR) is 81.9 cm³/mol. The standard InChI is InChI=1S/C16H21ClN2O/c17-13-9-12(10-14(18)11-13)15(20)19-7-5-16(6-8-19)3-1-2-4-16/h9-11H,1-8,18H2. The van der Waals surface area contributed by atoms with Crippen molar-refractivity contribution in [1.29, 1.82) is 0 Å². The van der Waals surface area contributed by atoms with E-state index in [0.29, 0.717) is 21.7 Å². The molecule has 1 spiro atoms. The molecular formula is C16H21ClN2O. The zero-order chi connectivity index (χ0) is 14.2. The van der Waals surface area contributed by atoms with E-state index in [2.05, 4.69) is 0 Å². The smallest absolute Gasteiger partial charge is 0.253 e. The molecule has 1 heterocycles. The maximum atomic E-state index is 12.5. The Morgan fingerprint density at radius 2 is 1.75 bits per heavy atom. The monoisotopic (exact) mass is 292 g/mol. The van der Waals surface area contributed by atoms with Crippen LogP contribution in [0.3, 0.4) is 0 Å². The first-order valence-electron chi connectivity index (χ1n) is 7.43. The van der Waals surface area contributed by atoms with Crippen molar-refractivity contribution in [3.63, 3.8) is 0 Å². The van der Waals surface area contributed by atoms with Crippen molar-refractivity contribution in [2.24, 2.45) is 5.41 Å². The largest absolute Gasteiger partial charge is 0.399 e. The lowest BCUT2D eigenvalue weighted by Gasteiger charge is -2.39. The normalized spacial score (nSPS) is 21.4. The van der Waals surface area contributed by atoms with Gasteiger partial charge in [-0.1, -0.05) is 24.4 Å². The van der Waals surface area contributed by atoms with E-state index in [1.54, 1.807) is 18.2 Å². The predicted octanol–water partition coefficient (Wildman–Crippen LogP) is 3.72. The van der Waals surface area contributed by atoms with E-state index in [4.69, 9.17) is 17.3 Å². The molecule has 0 atom stereocenters. The number of anilines is 1. The van der Waals surface area contributed by atoms with E-state index in [0.717, 1.165) is 25.9 Å². The topological polar surface area (TPSA) is 46.3 Å². The van der Waals surface area contributed by atoms with Gasteiger partial charge < -0.3 is 10.6 Å². The van der Waals surface area contributed by atoms with Crippen LogP contribution in [0, 0.1) is 5.41 Å². The number of benzene rings is 1. The third-order valence-corrected chi connectivity index (χ3v) is 5.16. The maximum Gasteiger partial charge on any atom is 0.253 e. The van der Waals surface area contributed by atoms with Gasteiger partial charge >= 0.3 is 0 Å². The van der Waals surface area contributed by atoms with Crippen LogP contribution in [0.25, 0.3) is 0 Å². The van der Waals surface area contributed by atoms with Crippen LogP contribution >= 0.6 is 11.6 Å². The lowest BCUT2D eigenvalue weighted by molar-refractivity contribution is 0.0587. The second kappa shape index (κ2) is 5.28.